The van der Waals surface area contributed by atoms with Crippen LogP contribution in [0, 0.1) is 0 Å². The summed E-state index contributed by atoms with van der Waals surface area (Å²) in [6, 6.07) is 11.4. The van der Waals surface area contributed by atoms with Gasteiger partial charge in [0, 0.05) is 34.4 Å². The Morgan fingerprint density at radius 1 is 1.26 bits per heavy atom. The second-order valence-electron chi connectivity index (χ2n) is 6.77. The molecular weight excluding hydrogens is 406 g/mol. The summed E-state index contributed by atoms with van der Waals surface area (Å²) >= 11 is 3.50. The highest BCUT2D eigenvalue weighted by Gasteiger charge is 2.25. The lowest BCUT2D eigenvalue weighted by atomic mass is 10.0. The Balaban J connectivity index is 1.75. The van der Waals surface area contributed by atoms with Crippen molar-refractivity contribution >= 4 is 32.7 Å². The van der Waals surface area contributed by atoms with E-state index >= 15 is 0 Å². The van der Waals surface area contributed by atoms with Crippen LogP contribution < -0.4 is 5.32 Å². The zero-order chi connectivity index (χ0) is 18.8. The maximum atomic E-state index is 13.1. The van der Waals surface area contributed by atoms with Crippen LogP contribution in [0.15, 0.2) is 53.3 Å². The van der Waals surface area contributed by atoms with Gasteiger partial charge in [-0.15, -0.1) is 0 Å². The van der Waals surface area contributed by atoms with Crippen molar-refractivity contribution in [3.8, 4) is 11.3 Å². The standard InChI is InChI=1S/C21H20BrN3O2/c1-13(20-3-2-10-27-20)24-21(26)17-12-19(14-6-8-23-9-7-14)25-18-5-4-15(22)11-16(17)18/h4-9,11-13,20H,2-3,10H2,1H3,(H,24,26)/t13-,20+/m0/s1. The Morgan fingerprint density at radius 2 is 2.07 bits per heavy atom. The van der Waals surface area contributed by atoms with Gasteiger partial charge in [-0.1, -0.05) is 15.9 Å². The van der Waals surface area contributed by atoms with E-state index in [1.165, 1.54) is 0 Å². The van der Waals surface area contributed by atoms with Crippen LogP contribution >= 0.6 is 15.9 Å². The van der Waals surface area contributed by atoms with E-state index in [2.05, 4.69) is 26.2 Å². The molecule has 0 radical (unpaired) electrons. The molecule has 2 aromatic heterocycles. The molecule has 2 atom stereocenters. The van der Waals surface area contributed by atoms with E-state index in [0.29, 0.717) is 5.56 Å². The van der Waals surface area contributed by atoms with Gasteiger partial charge in [-0.3, -0.25) is 9.78 Å². The van der Waals surface area contributed by atoms with Crippen LogP contribution in [0.2, 0.25) is 0 Å². The maximum absolute atomic E-state index is 13.1. The SMILES string of the molecule is C[C@H](NC(=O)c1cc(-c2ccncc2)nc2ccc(Br)cc12)[C@H]1CCCO1. The van der Waals surface area contributed by atoms with Crippen LogP contribution in [0.4, 0.5) is 0 Å². The molecule has 1 aliphatic heterocycles. The minimum Gasteiger partial charge on any atom is -0.376 e. The molecule has 0 spiro atoms. The van der Waals surface area contributed by atoms with Gasteiger partial charge in [-0.25, -0.2) is 4.98 Å². The number of nitrogens with one attached hydrogen (secondary N) is 1. The van der Waals surface area contributed by atoms with Crippen LogP contribution in [-0.2, 0) is 4.74 Å². The van der Waals surface area contributed by atoms with Crippen molar-refractivity contribution in [2.75, 3.05) is 6.61 Å². The van der Waals surface area contributed by atoms with Crippen molar-refractivity contribution in [1.82, 2.24) is 15.3 Å². The van der Waals surface area contributed by atoms with Crippen molar-refractivity contribution in [2.24, 2.45) is 0 Å². The zero-order valence-corrected chi connectivity index (χ0v) is 16.6. The molecule has 3 heterocycles. The van der Waals surface area contributed by atoms with Crippen LogP contribution in [0.3, 0.4) is 0 Å². The van der Waals surface area contributed by atoms with Crippen molar-refractivity contribution < 1.29 is 9.53 Å². The van der Waals surface area contributed by atoms with Gasteiger partial charge in [-0.2, -0.15) is 0 Å². The monoisotopic (exact) mass is 425 g/mol. The number of benzene rings is 1. The van der Waals surface area contributed by atoms with Gasteiger partial charge in [0.1, 0.15) is 0 Å². The van der Waals surface area contributed by atoms with Gasteiger partial charge >= 0.3 is 0 Å². The third-order valence-corrected chi connectivity index (χ3v) is 5.37. The molecule has 1 N–H and O–H groups in total. The van der Waals surface area contributed by atoms with Crippen LogP contribution in [0.25, 0.3) is 22.2 Å². The van der Waals surface area contributed by atoms with Crippen molar-refractivity contribution in [3.63, 3.8) is 0 Å². The van der Waals surface area contributed by atoms with E-state index < -0.39 is 0 Å². The molecule has 0 aliphatic carbocycles. The molecule has 0 saturated carbocycles. The Morgan fingerprint density at radius 3 is 2.81 bits per heavy atom. The molecule has 1 aromatic carbocycles. The van der Waals surface area contributed by atoms with E-state index in [4.69, 9.17) is 9.72 Å². The summed E-state index contributed by atoms with van der Waals surface area (Å²) in [5.74, 6) is -0.112. The highest BCUT2D eigenvalue weighted by Crippen LogP contribution is 2.27. The maximum Gasteiger partial charge on any atom is 0.252 e. The zero-order valence-electron chi connectivity index (χ0n) is 15.0. The van der Waals surface area contributed by atoms with Crippen LogP contribution in [-0.4, -0.2) is 34.6 Å². The Kier molecular flexibility index (Phi) is 5.18. The number of pyridine rings is 2. The lowest BCUT2D eigenvalue weighted by Gasteiger charge is -2.20. The molecule has 4 rings (SSSR count). The number of hydrogen-bond donors (Lipinski definition) is 1. The molecule has 1 fully saturated rings. The summed E-state index contributed by atoms with van der Waals surface area (Å²) in [5, 5.41) is 3.93. The molecule has 6 heteroatoms. The molecule has 3 aromatic rings. The van der Waals surface area contributed by atoms with Crippen LogP contribution in [0.5, 0.6) is 0 Å². The third kappa shape index (κ3) is 3.87. The van der Waals surface area contributed by atoms with Crippen molar-refractivity contribution in [1.29, 1.82) is 0 Å². The number of fused-ring (bicyclic) bond motifs is 1. The minimum atomic E-state index is -0.112. The first kappa shape index (κ1) is 18.1. The van der Waals surface area contributed by atoms with Gasteiger partial charge in [0.05, 0.1) is 28.9 Å². The molecule has 1 aliphatic rings. The first-order valence-corrected chi connectivity index (χ1v) is 9.84. The van der Waals surface area contributed by atoms with Gasteiger partial charge in [0.2, 0.25) is 0 Å². The number of halogens is 1. The molecule has 0 bridgehead atoms. The summed E-state index contributed by atoms with van der Waals surface area (Å²) in [4.78, 5) is 21.9. The largest absolute Gasteiger partial charge is 0.376 e. The smallest absolute Gasteiger partial charge is 0.252 e. The molecule has 1 saturated heterocycles. The number of carbonyl (C=O) groups is 1. The second kappa shape index (κ2) is 7.74. The van der Waals surface area contributed by atoms with Crippen molar-refractivity contribution in [3.05, 3.63) is 58.8 Å². The fraction of sp³-hybridized carbons (Fsp3) is 0.286. The van der Waals surface area contributed by atoms with E-state index in [0.717, 1.165) is 46.1 Å². The highest BCUT2D eigenvalue weighted by molar-refractivity contribution is 9.10. The predicted octanol–water partition coefficient (Wildman–Crippen LogP) is 4.36. The number of hydrogen-bond acceptors (Lipinski definition) is 4. The Bertz CT molecular complexity index is 972. The number of nitrogens with zero attached hydrogens (tertiary/aromatic N) is 2. The molecular formula is C21H20BrN3O2. The molecule has 0 unspecified atom stereocenters. The first-order chi connectivity index (χ1) is 13.1. The minimum absolute atomic E-state index is 0.0419. The summed E-state index contributed by atoms with van der Waals surface area (Å²) in [5.41, 5.74) is 3.07. The second-order valence-corrected chi connectivity index (χ2v) is 7.68. The van der Waals surface area contributed by atoms with E-state index in [1.54, 1.807) is 12.4 Å². The molecule has 5 nitrogen and oxygen atoms in total. The van der Waals surface area contributed by atoms with Gasteiger partial charge in [-0.05, 0) is 56.2 Å². The lowest BCUT2D eigenvalue weighted by Crippen LogP contribution is -2.40. The molecule has 1 amide bonds. The fourth-order valence-electron chi connectivity index (χ4n) is 3.43. The average Bonchev–Trinajstić information content (AvgIpc) is 3.23. The number of carbonyl (C=O) groups excluding carboxylic acids is 1. The predicted molar refractivity (Wildman–Crippen MR) is 109 cm³/mol. The van der Waals surface area contributed by atoms with Gasteiger partial charge in [0.25, 0.3) is 5.91 Å². The van der Waals surface area contributed by atoms with Gasteiger partial charge < -0.3 is 10.1 Å². The normalized spacial score (nSPS) is 17.8. The number of ether oxygens (including phenoxy) is 1. The number of aromatic nitrogens is 2. The molecule has 27 heavy (non-hydrogen) atoms. The third-order valence-electron chi connectivity index (χ3n) is 4.87. The van der Waals surface area contributed by atoms with Crippen molar-refractivity contribution in [2.45, 2.75) is 31.9 Å². The summed E-state index contributed by atoms with van der Waals surface area (Å²) in [6.07, 6.45) is 5.55. The summed E-state index contributed by atoms with van der Waals surface area (Å²) in [6.45, 7) is 2.76. The van der Waals surface area contributed by atoms with E-state index in [-0.39, 0.29) is 18.1 Å². The first-order valence-electron chi connectivity index (χ1n) is 9.05. The quantitative estimate of drug-likeness (QED) is 0.674. The average molecular weight is 426 g/mol. The lowest BCUT2D eigenvalue weighted by molar-refractivity contribution is 0.0713. The molecule has 138 valence electrons. The van der Waals surface area contributed by atoms with Crippen LogP contribution in [0.1, 0.15) is 30.1 Å². The number of amides is 1. The topological polar surface area (TPSA) is 64.1 Å². The highest BCUT2D eigenvalue weighted by atomic mass is 79.9. The van der Waals surface area contributed by atoms with E-state index in [1.807, 2.05) is 43.3 Å². The fourth-order valence-corrected chi connectivity index (χ4v) is 3.79. The Labute approximate surface area is 166 Å². The number of rotatable bonds is 4. The van der Waals surface area contributed by atoms with E-state index in [9.17, 15) is 4.79 Å². The van der Waals surface area contributed by atoms with Gasteiger partial charge in [0.15, 0.2) is 0 Å². The summed E-state index contributed by atoms with van der Waals surface area (Å²) in [7, 11) is 0. The Hall–Kier alpha value is -2.31. The summed E-state index contributed by atoms with van der Waals surface area (Å²) < 4.78 is 6.62.